The number of hydrogen-bond donors (Lipinski definition) is 2. The largest absolute Gasteiger partial charge is 0.386 e. The van der Waals surface area contributed by atoms with Crippen LogP contribution in [0.2, 0.25) is 0 Å². The summed E-state index contributed by atoms with van der Waals surface area (Å²) < 4.78 is 27.0. The molecule has 1 atom stereocenters. The zero-order valence-electron chi connectivity index (χ0n) is 11.9. The second-order valence-corrected chi connectivity index (χ2v) is 4.94. The summed E-state index contributed by atoms with van der Waals surface area (Å²) in [6, 6.07) is 12.9. The number of aliphatic hydroxyl groups is 1. The van der Waals surface area contributed by atoms with Crippen LogP contribution in [-0.2, 0) is 11.2 Å². The van der Waals surface area contributed by atoms with Crippen molar-refractivity contribution in [3.05, 3.63) is 71.3 Å². The van der Waals surface area contributed by atoms with Crippen LogP contribution < -0.4 is 5.32 Å². The van der Waals surface area contributed by atoms with Gasteiger partial charge in [0, 0.05) is 13.0 Å². The van der Waals surface area contributed by atoms with Gasteiger partial charge in [-0.1, -0.05) is 36.4 Å². The maximum absolute atomic E-state index is 13.5. The molecule has 0 saturated heterocycles. The maximum atomic E-state index is 13.5. The van der Waals surface area contributed by atoms with Crippen molar-refractivity contribution in [1.82, 2.24) is 5.32 Å². The normalized spacial score (nSPS) is 12.0. The van der Waals surface area contributed by atoms with Crippen molar-refractivity contribution >= 4 is 5.91 Å². The fourth-order valence-electron chi connectivity index (χ4n) is 2.13. The van der Waals surface area contributed by atoms with Gasteiger partial charge in [0.15, 0.2) is 0 Å². The van der Waals surface area contributed by atoms with E-state index < -0.39 is 23.3 Å². The highest BCUT2D eigenvalue weighted by atomic mass is 19.1. The zero-order chi connectivity index (χ0) is 15.9. The number of hydrogen-bond acceptors (Lipinski definition) is 2. The highest BCUT2D eigenvalue weighted by Gasteiger charge is 2.18. The van der Waals surface area contributed by atoms with Gasteiger partial charge in [0.2, 0.25) is 5.91 Å². The van der Waals surface area contributed by atoms with Gasteiger partial charge in [-0.25, -0.2) is 8.78 Å². The van der Waals surface area contributed by atoms with Gasteiger partial charge in [-0.15, -0.1) is 0 Å². The molecule has 116 valence electrons. The molecular formula is C17H17F2NO2. The zero-order valence-corrected chi connectivity index (χ0v) is 11.9. The first-order valence-electron chi connectivity index (χ1n) is 7.00. The van der Waals surface area contributed by atoms with Crippen LogP contribution in [0, 0.1) is 11.6 Å². The Morgan fingerprint density at radius 3 is 2.32 bits per heavy atom. The van der Waals surface area contributed by atoms with Crippen molar-refractivity contribution in [2.45, 2.75) is 18.9 Å². The van der Waals surface area contributed by atoms with E-state index >= 15 is 0 Å². The molecule has 2 aromatic carbocycles. The van der Waals surface area contributed by atoms with Crippen LogP contribution >= 0.6 is 0 Å². The summed E-state index contributed by atoms with van der Waals surface area (Å²) in [7, 11) is 0. The quantitative estimate of drug-likeness (QED) is 0.862. The Morgan fingerprint density at radius 2 is 1.68 bits per heavy atom. The van der Waals surface area contributed by atoms with Crippen LogP contribution in [0.15, 0.2) is 48.5 Å². The van der Waals surface area contributed by atoms with E-state index in [1.54, 1.807) is 0 Å². The SMILES string of the molecule is O=C(CCc1ccccc1)NC[C@H](O)c1c(F)cccc1F. The third kappa shape index (κ3) is 4.36. The number of nitrogens with one attached hydrogen (secondary N) is 1. The molecule has 0 heterocycles. The molecule has 0 aliphatic heterocycles. The van der Waals surface area contributed by atoms with Crippen LogP contribution in [0.25, 0.3) is 0 Å². The Hall–Kier alpha value is -2.27. The lowest BCUT2D eigenvalue weighted by atomic mass is 10.1. The topological polar surface area (TPSA) is 49.3 Å². The lowest BCUT2D eigenvalue weighted by molar-refractivity contribution is -0.121. The van der Waals surface area contributed by atoms with E-state index in [1.807, 2.05) is 30.3 Å². The van der Waals surface area contributed by atoms with E-state index in [0.717, 1.165) is 17.7 Å². The lowest BCUT2D eigenvalue weighted by Crippen LogP contribution is -2.29. The number of aliphatic hydroxyl groups excluding tert-OH is 1. The average Bonchev–Trinajstić information content (AvgIpc) is 2.52. The summed E-state index contributed by atoms with van der Waals surface area (Å²) in [5, 5.41) is 12.3. The van der Waals surface area contributed by atoms with Gasteiger partial charge in [-0.3, -0.25) is 4.79 Å². The first-order valence-corrected chi connectivity index (χ1v) is 7.00. The number of halogens is 2. The van der Waals surface area contributed by atoms with Crippen LogP contribution in [0.1, 0.15) is 23.7 Å². The van der Waals surface area contributed by atoms with Crippen molar-refractivity contribution in [2.75, 3.05) is 6.54 Å². The van der Waals surface area contributed by atoms with E-state index in [9.17, 15) is 18.7 Å². The maximum Gasteiger partial charge on any atom is 0.220 e. The van der Waals surface area contributed by atoms with Gasteiger partial charge < -0.3 is 10.4 Å². The summed E-state index contributed by atoms with van der Waals surface area (Å²) in [4.78, 5) is 11.7. The molecule has 3 nitrogen and oxygen atoms in total. The van der Waals surface area contributed by atoms with Crippen LogP contribution in [0.4, 0.5) is 8.78 Å². The summed E-state index contributed by atoms with van der Waals surface area (Å²) in [6.07, 6.45) is -0.602. The van der Waals surface area contributed by atoms with E-state index in [0.29, 0.717) is 6.42 Å². The van der Waals surface area contributed by atoms with Crippen LogP contribution in [-0.4, -0.2) is 17.6 Å². The molecule has 0 aliphatic carbocycles. The molecule has 1 amide bonds. The Kier molecular flexibility index (Phi) is 5.61. The molecule has 5 heteroatoms. The van der Waals surface area contributed by atoms with E-state index in [-0.39, 0.29) is 18.9 Å². The summed E-state index contributed by atoms with van der Waals surface area (Å²) in [5.74, 6) is -1.93. The number of carbonyl (C=O) groups is 1. The van der Waals surface area contributed by atoms with Gasteiger partial charge >= 0.3 is 0 Å². The highest BCUT2D eigenvalue weighted by molar-refractivity contribution is 5.76. The number of carbonyl (C=O) groups excluding carboxylic acids is 1. The Morgan fingerprint density at radius 1 is 1.05 bits per heavy atom. The van der Waals surface area contributed by atoms with Crippen molar-refractivity contribution in [1.29, 1.82) is 0 Å². The predicted molar refractivity (Wildman–Crippen MR) is 79.1 cm³/mol. The van der Waals surface area contributed by atoms with Gasteiger partial charge in [0.25, 0.3) is 0 Å². The Labute approximate surface area is 127 Å². The minimum Gasteiger partial charge on any atom is -0.386 e. The molecule has 0 bridgehead atoms. The van der Waals surface area contributed by atoms with E-state index in [4.69, 9.17) is 0 Å². The molecule has 2 aromatic rings. The summed E-state index contributed by atoms with van der Waals surface area (Å²) in [6.45, 7) is -0.231. The second kappa shape index (κ2) is 7.66. The molecular weight excluding hydrogens is 288 g/mol. The molecule has 0 radical (unpaired) electrons. The monoisotopic (exact) mass is 305 g/mol. The molecule has 2 N–H and O–H groups in total. The van der Waals surface area contributed by atoms with Crippen LogP contribution in [0.3, 0.4) is 0 Å². The molecule has 0 saturated carbocycles. The first kappa shape index (κ1) is 16.1. The average molecular weight is 305 g/mol. The predicted octanol–water partition coefficient (Wildman–Crippen LogP) is 2.75. The number of rotatable bonds is 6. The summed E-state index contributed by atoms with van der Waals surface area (Å²) in [5.41, 5.74) is 0.601. The molecule has 0 spiro atoms. The smallest absolute Gasteiger partial charge is 0.220 e. The summed E-state index contributed by atoms with van der Waals surface area (Å²) >= 11 is 0. The first-order chi connectivity index (χ1) is 10.6. The molecule has 2 rings (SSSR count). The van der Waals surface area contributed by atoms with Crippen molar-refractivity contribution < 1.29 is 18.7 Å². The van der Waals surface area contributed by atoms with E-state index in [1.165, 1.54) is 6.07 Å². The second-order valence-electron chi connectivity index (χ2n) is 4.94. The third-order valence-electron chi connectivity index (χ3n) is 3.31. The van der Waals surface area contributed by atoms with Gasteiger partial charge in [0.05, 0.1) is 5.56 Å². The Balaban J connectivity index is 1.83. The number of aryl methyl sites for hydroxylation is 1. The molecule has 0 unspecified atom stereocenters. The molecule has 0 aliphatic rings. The number of amides is 1. The van der Waals surface area contributed by atoms with Gasteiger partial charge in [0.1, 0.15) is 17.7 Å². The van der Waals surface area contributed by atoms with Crippen LogP contribution in [0.5, 0.6) is 0 Å². The minimum absolute atomic E-state index is 0.231. The fraction of sp³-hybridized carbons (Fsp3) is 0.235. The molecule has 22 heavy (non-hydrogen) atoms. The van der Waals surface area contributed by atoms with Gasteiger partial charge in [-0.05, 0) is 24.1 Å². The van der Waals surface area contributed by atoms with Crippen molar-refractivity contribution in [2.24, 2.45) is 0 Å². The highest BCUT2D eigenvalue weighted by Crippen LogP contribution is 2.19. The fourth-order valence-corrected chi connectivity index (χ4v) is 2.13. The molecule has 0 aromatic heterocycles. The van der Waals surface area contributed by atoms with Crippen molar-refractivity contribution in [3.8, 4) is 0 Å². The lowest BCUT2D eigenvalue weighted by Gasteiger charge is -2.14. The van der Waals surface area contributed by atoms with E-state index in [2.05, 4.69) is 5.32 Å². The third-order valence-corrected chi connectivity index (χ3v) is 3.31. The van der Waals surface area contributed by atoms with Crippen molar-refractivity contribution in [3.63, 3.8) is 0 Å². The number of benzene rings is 2. The van der Waals surface area contributed by atoms with Gasteiger partial charge in [-0.2, -0.15) is 0 Å². The standard InChI is InChI=1S/C17H17F2NO2/c18-13-7-4-8-14(19)17(13)15(21)11-20-16(22)10-9-12-5-2-1-3-6-12/h1-8,15,21H,9-11H2,(H,20,22)/t15-/m0/s1. The minimum atomic E-state index is -1.41. The molecule has 0 fully saturated rings. The Bertz CT molecular complexity index is 612.